The van der Waals surface area contributed by atoms with Crippen LogP contribution in [0.15, 0.2) is 42.5 Å². The van der Waals surface area contributed by atoms with Crippen molar-refractivity contribution in [3.63, 3.8) is 0 Å². The van der Waals surface area contributed by atoms with Crippen molar-refractivity contribution < 1.29 is 50.5 Å². The largest absolute Gasteiger partial charge is 0.430 e. The third kappa shape index (κ3) is 7.44. The van der Waals surface area contributed by atoms with Crippen molar-refractivity contribution in [3.8, 4) is 0 Å². The summed E-state index contributed by atoms with van der Waals surface area (Å²) >= 11 is 0. The van der Waals surface area contributed by atoms with Crippen molar-refractivity contribution in [2.45, 2.75) is 68.7 Å². The van der Waals surface area contributed by atoms with Crippen molar-refractivity contribution in [2.75, 3.05) is 31.5 Å². The van der Waals surface area contributed by atoms with Crippen LogP contribution in [0.25, 0.3) is 0 Å². The van der Waals surface area contributed by atoms with Crippen molar-refractivity contribution in [1.29, 1.82) is 0 Å². The molecule has 2 fully saturated rings. The van der Waals surface area contributed by atoms with E-state index in [4.69, 9.17) is 0 Å². The van der Waals surface area contributed by atoms with Crippen LogP contribution in [0.4, 0.5) is 41.2 Å². The molecule has 2 aliphatic rings. The zero-order chi connectivity index (χ0) is 32.5. The second-order valence-electron chi connectivity index (χ2n) is 11.5. The Morgan fingerprint density at radius 3 is 2.02 bits per heavy atom. The molecule has 0 atom stereocenters. The number of anilines is 1. The van der Waals surface area contributed by atoms with Crippen molar-refractivity contribution in [2.24, 2.45) is 0 Å². The highest BCUT2D eigenvalue weighted by atomic mass is 19.4. The van der Waals surface area contributed by atoms with Crippen LogP contribution >= 0.6 is 0 Å². The molecule has 1 saturated carbocycles. The molecule has 1 aliphatic carbocycles. The Kier molecular flexibility index (Phi) is 9.52. The Bertz CT molecular complexity index is 1320. The summed E-state index contributed by atoms with van der Waals surface area (Å²) in [7, 11) is 0. The van der Waals surface area contributed by atoms with Crippen LogP contribution in [0.1, 0.15) is 54.1 Å². The molecule has 2 aromatic rings. The maximum atomic E-state index is 14.8. The molecule has 3 amide bonds. The van der Waals surface area contributed by atoms with Crippen LogP contribution in [0, 0.1) is 5.82 Å². The van der Waals surface area contributed by atoms with Gasteiger partial charge in [-0.2, -0.15) is 26.3 Å². The minimum Gasteiger partial charge on any atom is -0.390 e. The van der Waals surface area contributed by atoms with Gasteiger partial charge >= 0.3 is 18.4 Å². The number of rotatable bonds is 6. The standard InChI is InChI=1S/C29H33F7N4O4/c1-26(43)10-8-21(9-11-26)37-25(42)38-23-7-4-19(16-22(23)30)24(41)40-14-12-39(13-15-40)17-18-2-5-20(6-3-18)27(44,28(31,32)33)29(34,35)36/h2-7,16,21,43-44H,8-15,17H2,1H3,(H2,37,38,42). The number of halogens is 7. The van der Waals surface area contributed by atoms with Gasteiger partial charge in [0.1, 0.15) is 5.82 Å². The van der Waals surface area contributed by atoms with Gasteiger partial charge in [-0.1, -0.05) is 24.3 Å². The zero-order valence-corrected chi connectivity index (χ0v) is 23.7. The summed E-state index contributed by atoms with van der Waals surface area (Å²) in [5.41, 5.74) is -6.74. The van der Waals surface area contributed by atoms with E-state index in [0.717, 1.165) is 18.2 Å². The Balaban J connectivity index is 1.28. The number of aliphatic hydroxyl groups is 2. The highest BCUT2D eigenvalue weighted by Crippen LogP contribution is 2.50. The molecular weight excluding hydrogens is 601 g/mol. The topological polar surface area (TPSA) is 105 Å². The van der Waals surface area contributed by atoms with Crippen LogP contribution < -0.4 is 10.6 Å². The molecule has 4 rings (SSSR count). The van der Waals surface area contributed by atoms with E-state index < -0.39 is 46.9 Å². The maximum Gasteiger partial charge on any atom is 0.430 e. The number of nitrogens with one attached hydrogen (secondary N) is 2. The SMILES string of the molecule is CC1(O)CCC(NC(=O)Nc2ccc(C(=O)N3CCN(Cc4ccc(C(O)(C(F)(F)F)C(F)(F)F)cc4)CC3)cc2F)CC1. The molecule has 1 aliphatic heterocycles. The number of hydrogen-bond acceptors (Lipinski definition) is 5. The third-order valence-electron chi connectivity index (χ3n) is 8.12. The van der Waals surface area contributed by atoms with E-state index in [1.807, 2.05) is 4.90 Å². The fourth-order valence-corrected chi connectivity index (χ4v) is 5.37. The predicted molar refractivity (Wildman–Crippen MR) is 145 cm³/mol. The molecule has 0 radical (unpaired) electrons. The number of urea groups is 1. The fourth-order valence-electron chi connectivity index (χ4n) is 5.37. The summed E-state index contributed by atoms with van der Waals surface area (Å²) in [5.74, 6) is -1.25. The second kappa shape index (κ2) is 12.5. The Morgan fingerprint density at radius 2 is 1.50 bits per heavy atom. The second-order valence-corrected chi connectivity index (χ2v) is 11.5. The van der Waals surface area contributed by atoms with Gasteiger partial charge in [0.2, 0.25) is 0 Å². The number of carbonyl (C=O) groups is 2. The highest BCUT2D eigenvalue weighted by molar-refractivity contribution is 5.95. The summed E-state index contributed by atoms with van der Waals surface area (Å²) in [4.78, 5) is 28.6. The van der Waals surface area contributed by atoms with Gasteiger partial charge in [-0.25, -0.2) is 9.18 Å². The van der Waals surface area contributed by atoms with E-state index in [1.165, 1.54) is 17.0 Å². The van der Waals surface area contributed by atoms with E-state index in [2.05, 4.69) is 10.6 Å². The van der Waals surface area contributed by atoms with Gasteiger partial charge in [-0.3, -0.25) is 9.69 Å². The molecule has 44 heavy (non-hydrogen) atoms. The predicted octanol–water partition coefficient (Wildman–Crippen LogP) is 4.91. The van der Waals surface area contributed by atoms with Crippen LogP contribution in [0.5, 0.6) is 0 Å². The molecule has 0 unspecified atom stereocenters. The minimum absolute atomic E-state index is 0.0637. The van der Waals surface area contributed by atoms with Gasteiger partial charge in [0, 0.05) is 49.9 Å². The Morgan fingerprint density at radius 1 is 0.932 bits per heavy atom. The lowest BCUT2D eigenvalue weighted by molar-refractivity contribution is -0.376. The lowest BCUT2D eigenvalue weighted by Crippen LogP contribution is -2.53. The first kappa shape index (κ1) is 33.5. The number of benzene rings is 2. The van der Waals surface area contributed by atoms with Gasteiger partial charge in [0.25, 0.3) is 11.5 Å². The Hall–Kier alpha value is -3.43. The van der Waals surface area contributed by atoms with Crippen LogP contribution in [-0.2, 0) is 12.1 Å². The number of hydrogen-bond donors (Lipinski definition) is 4. The smallest absolute Gasteiger partial charge is 0.390 e. The van der Waals surface area contributed by atoms with Crippen molar-refractivity contribution in [3.05, 3.63) is 65.0 Å². The zero-order valence-electron chi connectivity index (χ0n) is 23.7. The Labute approximate surface area is 248 Å². The number of piperazine rings is 1. The molecule has 15 heteroatoms. The number of alkyl halides is 6. The molecule has 0 aromatic heterocycles. The van der Waals surface area contributed by atoms with E-state index in [-0.39, 0.29) is 36.9 Å². The fraction of sp³-hybridized carbons (Fsp3) is 0.517. The number of amides is 3. The maximum absolute atomic E-state index is 14.8. The molecule has 4 N–H and O–H groups in total. The molecule has 1 saturated heterocycles. The minimum atomic E-state index is -5.97. The monoisotopic (exact) mass is 634 g/mol. The summed E-state index contributed by atoms with van der Waals surface area (Å²) in [6, 6.07) is 6.27. The average molecular weight is 635 g/mol. The average Bonchev–Trinajstić information content (AvgIpc) is 2.94. The normalized spacial score (nSPS) is 22.0. The van der Waals surface area contributed by atoms with E-state index in [1.54, 1.807) is 6.92 Å². The number of nitrogens with zero attached hydrogens (tertiary/aromatic N) is 2. The summed E-state index contributed by atoms with van der Waals surface area (Å²) < 4.78 is 93.5. The lowest BCUT2D eigenvalue weighted by Gasteiger charge is -2.35. The van der Waals surface area contributed by atoms with Gasteiger partial charge in [0.05, 0.1) is 11.3 Å². The van der Waals surface area contributed by atoms with E-state index in [9.17, 15) is 50.5 Å². The first-order valence-electron chi connectivity index (χ1n) is 14.0. The van der Waals surface area contributed by atoms with E-state index in [0.29, 0.717) is 56.5 Å². The molecule has 8 nitrogen and oxygen atoms in total. The molecule has 242 valence electrons. The van der Waals surface area contributed by atoms with Crippen molar-refractivity contribution >= 4 is 17.6 Å². The summed E-state index contributed by atoms with van der Waals surface area (Å²) in [6.45, 7) is 3.05. The summed E-state index contributed by atoms with van der Waals surface area (Å²) in [6.07, 6.45) is -9.69. The first-order valence-corrected chi connectivity index (χ1v) is 14.0. The van der Waals surface area contributed by atoms with Gasteiger partial charge in [0.15, 0.2) is 0 Å². The lowest BCUT2D eigenvalue weighted by atomic mass is 9.84. The highest BCUT2D eigenvalue weighted by Gasteiger charge is 2.71. The number of carbonyl (C=O) groups excluding carboxylic acids is 2. The molecule has 2 aromatic carbocycles. The van der Waals surface area contributed by atoms with Gasteiger partial charge in [-0.15, -0.1) is 0 Å². The van der Waals surface area contributed by atoms with Crippen LogP contribution in [0.3, 0.4) is 0 Å². The third-order valence-corrected chi connectivity index (χ3v) is 8.12. The first-order chi connectivity index (χ1) is 20.4. The molecular formula is C29H33F7N4O4. The van der Waals surface area contributed by atoms with Crippen molar-refractivity contribution in [1.82, 2.24) is 15.1 Å². The van der Waals surface area contributed by atoms with Crippen LogP contribution in [0.2, 0.25) is 0 Å². The molecule has 0 bridgehead atoms. The van der Waals surface area contributed by atoms with Crippen LogP contribution in [-0.4, -0.2) is 82.1 Å². The van der Waals surface area contributed by atoms with Gasteiger partial charge in [-0.05, 0) is 56.4 Å². The molecule has 0 spiro atoms. The molecule has 1 heterocycles. The summed E-state index contributed by atoms with van der Waals surface area (Å²) in [5, 5.41) is 24.8. The van der Waals surface area contributed by atoms with E-state index >= 15 is 0 Å². The quantitative estimate of drug-likeness (QED) is 0.338. The van der Waals surface area contributed by atoms with Gasteiger partial charge < -0.3 is 25.7 Å².